The first-order valence-corrected chi connectivity index (χ1v) is 4.32. The topological polar surface area (TPSA) is 61.7 Å². The maximum absolute atomic E-state index is 10.2. The van der Waals surface area contributed by atoms with E-state index in [9.17, 15) is 4.79 Å². The highest BCUT2D eigenvalue weighted by Gasteiger charge is 2.00. The van der Waals surface area contributed by atoms with E-state index in [1.807, 2.05) is 0 Å². The van der Waals surface area contributed by atoms with Crippen molar-refractivity contribution in [1.29, 1.82) is 0 Å². The third-order valence-electron chi connectivity index (χ3n) is 0.810. The molecule has 0 radical (unpaired) electrons. The number of nitrogens with zero attached hydrogens (tertiary/aromatic N) is 1. The quantitative estimate of drug-likeness (QED) is 0.383. The largest absolute Gasteiger partial charge is 0.477 e. The van der Waals surface area contributed by atoms with Gasteiger partial charge >= 0.3 is 5.97 Å². The van der Waals surface area contributed by atoms with Crippen LogP contribution in [0.25, 0.3) is 0 Å². The molecule has 0 aliphatic rings. The van der Waals surface area contributed by atoms with Crippen molar-refractivity contribution in [1.82, 2.24) is 5.43 Å². The Morgan fingerprint density at radius 1 is 1.73 bits per heavy atom. The number of thiocarbonyl (C=S) groups is 1. The van der Waals surface area contributed by atoms with Gasteiger partial charge in [-0.2, -0.15) is 5.10 Å². The smallest absolute Gasteiger partial charge is 0.351 e. The number of hydrogen-bond donors (Lipinski definition) is 2. The van der Waals surface area contributed by atoms with E-state index < -0.39 is 5.97 Å². The SMILES string of the molecule is CSC(=S)N/N=C(\C)C(=O)O. The summed E-state index contributed by atoms with van der Waals surface area (Å²) in [6.07, 6.45) is 1.78. The second-order valence-corrected chi connectivity index (χ2v) is 3.09. The molecule has 0 saturated carbocycles. The molecule has 0 saturated heterocycles. The summed E-state index contributed by atoms with van der Waals surface area (Å²) in [4.78, 5) is 10.2. The molecule has 6 heteroatoms. The highest BCUT2D eigenvalue weighted by Crippen LogP contribution is 1.92. The first-order chi connectivity index (χ1) is 5.07. The van der Waals surface area contributed by atoms with Crippen LogP contribution in [0.1, 0.15) is 6.92 Å². The van der Waals surface area contributed by atoms with Crippen LogP contribution in [-0.4, -0.2) is 27.4 Å². The van der Waals surface area contributed by atoms with Gasteiger partial charge in [0.15, 0.2) is 4.32 Å². The number of hydrazone groups is 1. The lowest BCUT2D eigenvalue weighted by Crippen LogP contribution is -2.17. The Balaban J connectivity index is 3.92. The van der Waals surface area contributed by atoms with E-state index >= 15 is 0 Å². The number of thioether (sulfide) groups is 1. The van der Waals surface area contributed by atoms with E-state index in [0.29, 0.717) is 4.32 Å². The summed E-state index contributed by atoms with van der Waals surface area (Å²) in [7, 11) is 0. The fourth-order valence-electron chi connectivity index (χ4n) is 0.223. The van der Waals surface area contributed by atoms with Gasteiger partial charge in [0.1, 0.15) is 5.71 Å². The van der Waals surface area contributed by atoms with Gasteiger partial charge in [0, 0.05) is 0 Å². The second-order valence-electron chi connectivity index (χ2n) is 1.61. The van der Waals surface area contributed by atoms with Crippen molar-refractivity contribution in [3.8, 4) is 0 Å². The van der Waals surface area contributed by atoms with Crippen molar-refractivity contribution in [2.75, 3.05) is 6.26 Å². The molecule has 0 aliphatic heterocycles. The average Bonchev–Trinajstić information content (AvgIpc) is 1.99. The van der Waals surface area contributed by atoms with Gasteiger partial charge in [-0.3, -0.25) is 5.43 Å². The Hall–Kier alpha value is -0.620. The first kappa shape index (κ1) is 10.4. The monoisotopic (exact) mass is 192 g/mol. The van der Waals surface area contributed by atoms with Crippen molar-refractivity contribution in [3.05, 3.63) is 0 Å². The van der Waals surface area contributed by atoms with Crippen LogP contribution in [0.5, 0.6) is 0 Å². The third-order valence-corrected chi connectivity index (χ3v) is 1.86. The highest BCUT2D eigenvalue weighted by molar-refractivity contribution is 8.22. The zero-order chi connectivity index (χ0) is 8.85. The molecule has 0 bridgehead atoms. The molecule has 0 aromatic rings. The van der Waals surface area contributed by atoms with E-state index in [4.69, 9.17) is 17.3 Å². The molecule has 62 valence electrons. The van der Waals surface area contributed by atoms with Crippen molar-refractivity contribution in [2.24, 2.45) is 5.10 Å². The molecule has 0 aromatic carbocycles. The molecule has 0 rings (SSSR count). The molecule has 0 heterocycles. The lowest BCUT2D eigenvalue weighted by atomic mass is 10.4. The zero-order valence-electron chi connectivity index (χ0n) is 6.12. The number of carboxylic acids is 1. The molecule has 0 fully saturated rings. The first-order valence-electron chi connectivity index (χ1n) is 2.69. The third kappa shape index (κ3) is 4.74. The summed E-state index contributed by atoms with van der Waals surface area (Å²) in [5, 5.41) is 11.8. The second kappa shape index (κ2) is 5.09. The van der Waals surface area contributed by atoms with Crippen molar-refractivity contribution in [2.45, 2.75) is 6.92 Å². The maximum Gasteiger partial charge on any atom is 0.351 e. The molecule has 0 aromatic heterocycles. The van der Waals surface area contributed by atoms with Crippen LogP contribution in [0.15, 0.2) is 5.10 Å². The summed E-state index contributed by atoms with van der Waals surface area (Å²) >= 11 is 6.01. The van der Waals surface area contributed by atoms with Gasteiger partial charge in [0.25, 0.3) is 0 Å². The summed E-state index contributed by atoms with van der Waals surface area (Å²) in [5.74, 6) is -1.05. The van der Waals surface area contributed by atoms with E-state index in [1.165, 1.54) is 18.7 Å². The van der Waals surface area contributed by atoms with Crippen LogP contribution in [0.3, 0.4) is 0 Å². The molecule has 0 aliphatic carbocycles. The number of hydrogen-bond acceptors (Lipinski definition) is 4. The number of aliphatic carboxylic acids is 1. The Kier molecular flexibility index (Phi) is 4.80. The van der Waals surface area contributed by atoms with Crippen molar-refractivity contribution >= 4 is 40.0 Å². The van der Waals surface area contributed by atoms with Crippen molar-refractivity contribution in [3.63, 3.8) is 0 Å². The highest BCUT2D eigenvalue weighted by atomic mass is 32.2. The predicted molar refractivity (Wildman–Crippen MR) is 50.0 cm³/mol. The standard InChI is InChI=1S/C5H8N2O2S2/c1-3(4(8)9)6-7-5(10)11-2/h1-2H3,(H,7,10)(H,8,9)/b6-3+. The van der Waals surface area contributed by atoms with Crippen LogP contribution in [-0.2, 0) is 4.79 Å². The van der Waals surface area contributed by atoms with Crippen LogP contribution < -0.4 is 5.43 Å². The Morgan fingerprint density at radius 2 is 2.27 bits per heavy atom. The molecular weight excluding hydrogens is 184 g/mol. The Bertz CT molecular complexity index is 203. The lowest BCUT2D eigenvalue weighted by molar-refractivity contribution is -0.129. The molecular formula is C5H8N2O2S2. The number of carbonyl (C=O) groups is 1. The minimum atomic E-state index is -1.05. The summed E-state index contributed by atoms with van der Waals surface area (Å²) in [6, 6.07) is 0. The molecule has 11 heavy (non-hydrogen) atoms. The molecule has 4 nitrogen and oxygen atoms in total. The van der Waals surface area contributed by atoms with E-state index in [2.05, 4.69) is 10.5 Å². The van der Waals surface area contributed by atoms with Crippen LogP contribution in [0.4, 0.5) is 0 Å². The zero-order valence-corrected chi connectivity index (χ0v) is 7.75. The van der Waals surface area contributed by atoms with Crippen LogP contribution in [0, 0.1) is 0 Å². The fraction of sp³-hybridized carbons (Fsp3) is 0.400. The van der Waals surface area contributed by atoms with Gasteiger partial charge in [-0.05, 0) is 13.2 Å². The summed E-state index contributed by atoms with van der Waals surface area (Å²) in [5.41, 5.74) is 2.40. The minimum Gasteiger partial charge on any atom is -0.477 e. The van der Waals surface area contributed by atoms with Crippen LogP contribution in [0.2, 0.25) is 0 Å². The van der Waals surface area contributed by atoms with Crippen LogP contribution >= 0.6 is 24.0 Å². The number of rotatable bonds is 2. The molecule has 0 atom stereocenters. The fourth-order valence-corrected chi connectivity index (χ4v) is 0.406. The average molecular weight is 192 g/mol. The van der Waals surface area contributed by atoms with Gasteiger partial charge in [-0.1, -0.05) is 24.0 Å². The van der Waals surface area contributed by atoms with E-state index in [1.54, 1.807) is 6.26 Å². The number of carboxylic acid groups (broad SMARTS) is 1. The predicted octanol–water partition coefficient (Wildman–Crippen LogP) is 0.684. The minimum absolute atomic E-state index is 0.0126. The van der Waals surface area contributed by atoms with E-state index in [-0.39, 0.29) is 5.71 Å². The molecule has 0 unspecified atom stereocenters. The van der Waals surface area contributed by atoms with Crippen molar-refractivity contribution < 1.29 is 9.90 Å². The van der Waals surface area contributed by atoms with E-state index in [0.717, 1.165) is 0 Å². The summed E-state index contributed by atoms with van der Waals surface area (Å²) in [6.45, 7) is 1.39. The van der Waals surface area contributed by atoms with Gasteiger partial charge in [0.05, 0.1) is 0 Å². The molecule has 0 amide bonds. The van der Waals surface area contributed by atoms with Gasteiger partial charge < -0.3 is 5.11 Å². The number of nitrogens with one attached hydrogen (secondary N) is 1. The maximum atomic E-state index is 10.2. The van der Waals surface area contributed by atoms with Gasteiger partial charge in [-0.15, -0.1) is 0 Å². The van der Waals surface area contributed by atoms with Gasteiger partial charge in [-0.25, -0.2) is 4.79 Å². The Morgan fingerprint density at radius 3 is 2.64 bits per heavy atom. The summed E-state index contributed by atoms with van der Waals surface area (Å²) < 4.78 is 0.450. The molecule has 0 spiro atoms. The normalized spacial score (nSPS) is 10.9. The lowest BCUT2D eigenvalue weighted by Gasteiger charge is -1.97. The molecule has 2 N–H and O–H groups in total. The van der Waals surface area contributed by atoms with Gasteiger partial charge in [0.2, 0.25) is 0 Å². The Labute approximate surface area is 74.1 Å².